The quantitative estimate of drug-likeness (QED) is 0.571. The van der Waals surface area contributed by atoms with Crippen LogP contribution in [-0.4, -0.2) is 26.4 Å². The van der Waals surface area contributed by atoms with Gasteiger partial charge in [0.25, 0.3) is 15.9 Å². The van der Waals surface area contributed by atoms with Gasteiger partial charge in [0.05, 0.1) is 22.2 Å². The molecule has 1 amide bonds. The summed E-state index contributed by atoms with van der Waals surface area (Å²) in [4.78, 5) is 16.2. The molecule has 0 aliphatic carbocycles. The van der Waals surface area contributed by atoms with Crippen molar-refractivity contribution in [3.05, 3.63) is 64.1 Å². The Morgan fingerprint density at radius 1 is 1.22 bits per heavy atom. The van der Waals surface area contributed by atoms with E-state index in [9.17, 15) is 13.2 Å². The molecule has 0 unspecified atom stereocenters. The molecule has 0 fully saturated rings. The van der Waals surface area contributed by atoms with Gasteiger partial charge >= 0.3 is 0 Å². The molecule has 27 heavy (non-hydrogen) atoms. The number of nitrogens with zero attached hydrogens (tertiary/aromatic N) is 1. The van der Waals surface area contributed by atoms with E-state index < -0.39 is 15.9 Å². The van der Waals surface area contributed by atoms with Gasteiger partial charge < -0.3 is 4.74 Å². The molecule has 0 saturated carbocycles. The standard InChI is InChI=1S/C17H14BrN3O4S2/c1-25-15-6-5-12(10-14(15)18)21-27(23,24)13-4-2-3-11(9-13)16(22)20-17-19-7-8-26-17/h2-10,21H,1H3,(H,19,20,22). The van der Waals surface area contributed by atoms with E-state index in [1.807, 2.05) is 0 Å². The Labute approximate surface area is 168 Å². The molecule has 1 aromatic heterocycles. The minimum absolute atomic E-state index is 0.0266. The van der Waals surface area contributed by atoms with Crippen molar-refractivity contribution in [2.24, 2.45) is 0 Å². The second kappa shape index (κ2) is 8.07. The number of anilines is 2. The van der Waals surface area contributed by atoms with Gasteiger partial charge in [0.2, 0.25) is 0 Å². The van der Waals surface area contributed by atoms with Crippen LogP contribution < -0.4 is 14.8 Å². The second-order valence-corrected chi connectivity index (χ2v) is 8.71. The summed E-state index contributed by atoms with van der Waals surface area (Å²) in [6.45, 7) is 0. The highest BCUT2D eigenvalue weighted by Crippen LogP contribution is 2.29. The first-order valence-electron chi connectivity index (χ1n) is 7.56. The van der Waals surface area contributed by atoms with E-state index in [0.717, 1.165) is 0 Å². The number of ether oxygens (including phenoxy) is 1. The van der Waals surface area contributed by atoms with E-state index in [1.165, 1.54) is 42.7 Å². The van der Waals surface area contributed by atoms with Crippen molar-refractivity contribution < 1.29 is 17.9 Å². The van der Waals surface area contributed by atoms with Crippen LogP contribution >= 0.6 is 27.3 Å². The molecule has 3 rings (SSSR count). The van der Waals surface area contributed by atoms with E-state index in [0.29, 0.717) is 21.0 Å². The zero-order chi connectivity index (χ0) is 19.4. The van der Waals surface area contributed by atoms with Gasteiger partial charge in [-0.15, -0.1) is 11.3 Å². The average Bonchev–Trinajstić information content (AvgIpc) is 3.15. The van der Waals surface area contributed by atoms with Crippen molar-refractivity contribution in [3.8, 4) is 5.75 Å². The third kappa shape index (κ3) is 4.65. The number of amides is 1. The predicted molar refractivity (Wildman–Crippen MR) is 108 cm³/mol. The number of thiazole rings is 1. The number of rotatable bonds is 6. The number of nitrogens with one attached hydrogen (secondary N) is 2. The molecule has 0 saturated heterocycles. The lowest BCUT2D eigenvalue weighted by Gasteiger charge is -2.11. The van der Waals surface area contributed by atoms with Crippen LogP contribution in [0.4, 0.5) is 10.8 Å². The molecule has 0 spiro atoms. The molecular weight excluding hydrogens is 454 g/mol. The van der Waals surface area contributed by atoms with Crippen molar-refractivity contribution in [3.63, 3.8) is 0 Å². The number of aromatic nitrogens is 1. The molecule has 0 radical (unpaired) electrons. The summed E-state index contributed by atoms with van der Waals surface area (Å²) in [5, 5.41) is 4.79. The van der Waals surface area contributed by atoms with Crippen LogP contribution in [0.5, 0.6) is 5.75 Å². The van der Waals surface area contributed by atoms with Crippen LogP contribution in [0.1, 0.15) is 10.4 Å². The molecule has 2 aromatic carbocycles. The van der Waals surface area contributed by atoms with Crippen LogP contribution in [0.2, 0.25) is 0 Å². The van der Waals surface area contributed by atoms with E-state index in [1.54, 1.807) is 29.8 Å². The third-order valence-electron chi connectivity index (χ3n) is 3.46. The Bertz CT molecular complexity index is 1070. The molecule has 0 aliphatic heterocycles. The van der Waals surface area contributed by atoms with Crippen LogP contribution in [0.15, 0.2) is 63.4 Å². The Morgan fingerprint density at radius 3 is 2.70 bits per heavy atom. The predicted octanol–water partition coefficient (Wildman–Crippen LogP) is 3.97. The normalized spacial score (nSPS) is 11.0. The number of hydrogen-bond acceptors (Lipinski definition) is 6. The second-order valence-electron chi connectivity index (χ2n) is 5.27. The van der Waals surface area contributed by atoms with E-state index >= 15 is 0 Å². The molecule has 0 atom stereocenters. The van der Waals surface area contributed by atoms with Gasteiger partial charge in [0.1, 0.15) is 5.75 Å². The highest BCUT2D eigenvalue weighted by molar-refractivity contribution is 9.10. The van der Waals surface area contributed by atoms with Crippen molar-refractivity contribution in [1.82, 2.24) is 4.98 Å². The molecular formula is C17H14BrN3O4S2. The molecule has 0 aliphatic rings. The number of carbonyl (C=O) groups excluding carboxylic acids is 1. The fraction of sp³-hybridized carbons (Fsp3) is 0.0588. The maximum absolute atomic E-state index is 12.7. The topological polar surface area (TPSA) is 97.4 Å². The van der Waals surface area contributed by atoms with Gasteiger partial charge in [0.15, 0.2) is 5.13 Å². The summed E-state index contributed by atoms with van der Waals surface area (Å²) in [7, 11) is -2.35. The number of methoxy groups -OCH3 is 1. The number of benzene rings is 2. The molecule has 7 nitrogen and oxygen atoms in total. The van der Waals surface area contributed by atoms with Gasteiger partial charge in [-0.2, -0.15) is 0 Å². The maximum Gasteiger partial charge on any atom is 0.261 e. The molecule has 2 N–H and O–H groups in total. The Morgan fingerprint density at radius 2 is 2.04 bits per heavy atom. The number of carbonyl (C=O) groups is 1. The fourth-order valence-corrected chi connectivity index (χ4v) is 4.36. The first kappa shape index (κ1) is 19.3. The average molecular weight is 468 g/mol. The first-order chi connectivity index (χ1) is 12.9. The Hall–Kier alpha value is -2.43. The lowest BCUT2D eigenvalue weighted by atomic mass is 10.2. The SMILES string of the molecule is COc1ccc(NS(=O)(=O)c2cccc(C(=O)Nc3nccs3)c2)cc1Br. The smallest absolute Gasteiger partial charge is 0.261 e. The largest absolute Gasteiger partial charge is 0.496 e. The van der Waals surface area contributed by atoms with Crippen LogP contribution in [0.25, 0.3) is 0 Å². The molecule has 0 bridgehead atoms. The molecule has 140 valence electrons. The van der Waals surface area contributed by atoms with Crippen molar-refractivity contribution in [2.45, 2.75) is 4.90 Å². The summed E-state index contributed by atoms with van der Waals surface area (Å²) >= 11 is 4.59. The zero-order valence-electron chi connectivity index (χ0n) is 14.0. The van der Waals surface area contributed by atoms with Gasteiger partial charge in [-0.3, -0.25) is 14.8 Å². The lowest BCUT2D eigenvalue weighted by Crippen LogP contribution is -2.16. The van der Waals surface area contributed by atoms with E-state index in [4.69, 9.17) is 4.74 Å². The van der Waals surface area contributed by atoms with Crippen LogP contribution in [0.3, 0.4) is 0 Å². The van der Waals surface area contributed by atoms with Crippen molar-refractivity contribution >= 4 is 54.0 Å². The van der Waals surface area contributed by atoms with Gasteiger partial charge in [0, 0.05) is 17.1 Å². The lowest BCUT2D eigenvalue weighted by molar-refractivity contribution is 0.102. The summed E-state index contributed by atoms with van der Waals surface area (Å²) in [6, 6.07) is 10.6. The summed E-state index contributed by atoms with van der Waals surface area (Å²) < 4.78 is 33.5. The highest BCUT2D eigenvalue weighted by atomic mass is 79.9. The Kier molecular flexibility index (Phi) is 5.78. The number of sulfonamides is 1. The van der Waals surface area contributed by atoms with Gasteiger partial charge in [-0.05, 0) is 52.3 Å². The zero-order valence-corrected chi connectivity index (χ0v) is 17.2. The minimum atomic E-state index is -3.87. The first-order valence-corrected chi connectivity index (χ1v) is 10.7. The van der Waals surface area contributed by atoms with Crippen LogP contribution in [0, 0.1) is 0 Å². The van der Waals surface area contributed by atoms with E-state index in [-0.39, 0.29) is 10.5 Å². The number of halogens is 1. The van der Waals surface area contributed by atoms with Crippen molar-refractivity contribution in [2.75, 3.05) is 17.1 Å². The van der Waals surface area contributed by atoms with Gasteiger partial charge in [-0.25, -0.2) is 13.4 Å². The number of hydrogen-bond donors (Lipinski definition) is 2. The van der Waals surface area contributed by atoms with E-state index in [2.05, 4.69) is 31.0 Å². The fourth-order valence-electron chi connectivity index (χ4n) is 2.20. The summed E-state index contributed by atoms with van der Waals surface area (Å²) in [5.74, 6) is 0.146. The van der Waals surface area contributed by atoms with Gasteiger partial charge in [-0.1, -0.05) is 6.07 Å². The molecule has 3 aromatic rings. The Balaban J connectivity index is 1.82. The third-order valence-corrected chi connectivity index (χ3v) is 6.15. The maximum atomic E-state index is 12.7. The summed E-state index contributed by atoms with van der Waals surface area (Å²) in [6.07, 6.45) is 1.57. The summed E-state index contributed by atoms with van der Waals surface area (Å²) in [5.41, 5.74) is 0.573. The molecule has 1 heterocycles. The minimum Gasteiger partial charge on any atom is -0.496 e. The van der Waals surface area contributed by atoms with Crippen molar-refractivity contribution in [1.29, 1.82) is 0 Å². The monoisotopic (exact) mass is 467 g/mol. The van der Waals surface area contributed by atoms with Crippen LogP contribution in [-0.2, 0) is 10.0 Å². The highest BCUT2D eigenvalue weighted by Gasteiger charge is 2.17. The molecule has 10 heteroatoms.